The highest BCUT2D eigenvalue weighted by atomic mass is 19.3. The highest BCUT2D eigenvalue weighted by Crippen LogP contribution is 2.23. The lowest BCUT2D eigenvalue weighted by Crippen LogP contribution is -2.42. The Morgan fingerprint density at radius 1 is 1.40 bits per heavy atom. The summed E-state index contributed by atoms with van der Waals surface area (Å²) in [5.74, 6) is -2.54. The highest BCUT2D eigenvalue weighted by Gasteiger charge is 2.26. The van der Waals surface area contributed by atoms with Gasteiger partial charge in [-0.3, -0.25) is 0 Å². The van der Waals surface area contributed by atoms with E-state index in [1.165, 1.54) is 6.42 Å². The van der Waals surface area contributed by atoms with Crippen LogP contribution < -0.4 is 5.73 Å². The summed E-state index contributed by atoms with van der Waals surface area (Å²) in [6.45, 7) is 3.12. The monoisotopic (exact) mass is 220 g/mol. The van der Waals surface area contributed by atoms with Crippen LogP contribution in [0, 0.1) is 0 Å². The second kappa shape index (κ2) is 5.75. The first-order valence-corrected chi connectivity index (χ1v) is 5.85. The molecule has 0 saturated carbocycles. The molecule has 0 aromatic rings. The van der Waals surface area contributed by atoms with Crippen LogP contribution in [0.4, 0.5) is 8.78 Å². The molecular weight excluding hydrogens is 198 g/mol. The Kier molecular flexibility index (Phi) is 4.93. The van der Waals surface area contributed by atoms with Crippen molar-refractivity contribution in [2.75, 3.05) is 19.6 Å². The fraction of sp³-hybridized carbons (Fsp3) is 1.00. The van der Waals surface area contributed by atoms with Gasteiger partial charge in [0.15, 0.2) is 0 Å². The number of rotatable bonds is 5. The third-order valence-corrected chi connectivity index (χ3v) is 3.09. The van der Waals surface area contributed by atoms with Crippen molar-refractivity contribution in [2.45, 2.75) is 51.0 Å². The molecule has 1 aliphatic rings. The van der Waals surface area contributed by atoms with E-state index in [-0.39, 0.29) is 6.42 Å². The Hall–Kier alpha value is -0.220. The van der Waals surface area contributed by atoms with Crippen molar-refractivity contribution in [1.29, 1.82) is 0 Å². The molecule has 1 unspecified atom stereocenters. The van der Waals surface area contributed by atoms with Gasteiger partial charge in [0.1, 0.15) is 0 Å². The SMILES string of the molecule is CC(F)(F)CCN1CCCCC1CCN. The average molecular weight is 220 g/mol. The molecule has 1 heterocycles. The summed E-state index contributed by atoms with van der Waals surface area (Å²) in [6.07, 6.45) is 4.37. The van der Waals surface area contributed by atoms with Crippen LogP contribution in [0.1, 0.15) is 39.0 Å². The van der Waals surface area contributed by atoms with Crippen LogP contribution in [0.25, 0.3) is 0 Å². The maximum atomic E-state index is 12.7. The number of hydrogen-bond donors (Lipinski definition) is 1. The lowest BCUT2D eigenvalue weighted by Gasteiger charge is -2.36. The summed E-state index contributed by atoms with van der Waals surface area (Å²) < 4.78 is 25.5. The van der Waals surface area contributed by atoms with E-state index in [1.54, 1.807) is 0 Å². The van der Waals surface area contributed by atoms with Gasteiger partial charge in [-0.25, -0.2) is 8.78 Å². The molecule has 1 saturated heterocycles. The zero-order valence-electron chi connectivity index (χ0n) is 9.51. The number of nitrogens with zero attached hydrogens (tertiary/aromatic N) is 1. The van der Waals surface area contributed by atoms with E-state index < -0.39 is 5.92 Å². The third-order valence-electron chi connectivity index (χ3n) is 3.09. The average Bonchev–Trinajstić information content (AvgIpc) is 2.16. The van der Waals surface area contributed by atoms with Crippen molar-refractivity contribution in [2.24, 2.45) is 5.73 Å². The van der Waals surface area contributed by atoms with E-state index in [0.29, 0.717) is 19.1 Å². The van der Waals surface area contributed by atoms with Crippen molar-refractivity contribution in [1.82, 2.24) is 4.90 Å². The maximum absolute atomic E-state index is 12.7. The molecule has 1 rings (SSSR count). The van der Waals surface area contributed by atoms with E-state index in [4.69, 9.17) is 5.73 Å². The number of hydrogen-bond acceptors (Lipinski definition) is 2. The van der Waals surface area contributed by atoms with Gasteiger partial charge in [0.2, 0.25) is 5.92 Å². The molecule has 0 amide bonds. The Morgan fingerprint density at radius 3 is 2.73 bits per heavy atom. The molecule has 1 aliphatic heterocycles. The van der Waals surface area contributed by atoms with E-state index in [1.807, 2.05) is 0 Å². The van der Waals surface area contributed by atoms with Crippen LogP contribution in [-0.4, -0.2) is 36.5 Å². The number of nitrogens with two attached hydrogens (primary N) is 1. The number of likely N-dealkylation sites (tertiary alicyclic amines) is 1. The van der Waals surface area contributed by atoms with Crippen molar-refractivity contribution >= 4 is 0 Å². The normalized spacial score (nSPS) is 24.4. The van der Waals surface area contributed by atoms with Crippen molar-refractivity contribution < 1.29 is 8.78 Å². The molecule has 1 atom stereocenters. The smallest absolute Gasteiger partial charge is 0.246 e. The van der Waals surface area contributed by atoms with Gasteiger partial charge in [-0.1, -0.05) is 6.42 Å². The van der Waals surface area contributed by atoms with Crippen LogP contribution in [0.3, 0.4) is 0 Å². The predicted octanol–water partition coefficient (Wildman–Crippen LogP) is 2.24. The van der Waals surface area contributed by atoms with Crippen LogP contribution in [0.5, 0.6) is 0 Å². The van der Waals surface area contributed by atoms with Gasteiger partial charge in [-0.2, -0.15) is 0 Å². The molecule has 15 heavy (non-hydrogen) atoms. The molecule has 2 N–H and O–H groups in total. The molecule has 0 aromatic heterocycles. The minimum Gasteiger partial charge on any atom is -0.330 e. The fourth-order valence-electron chi connectivity index (χ4n) is 2.21. The summed E-state index contributed by atoms with van der Waals surface area (Å²) in [4.78, 5) is 2.19. The van der Waals surface area contributed by atoms with Gasteiger partial charge >= 0.3 is 0 Å². The Morgan fingerprint density at radius 2 is 2.13 bits per heavy atom. The topological polar surface area (TPSA) is 29.3 Å². The Balaban J connectivity index is 2.35. The van der Waals surface area contributed by atoms with Crippen LogP contribution in [0.2, 0.25) is 0 Å². The van der Waals surface area contributed by atoms with Crippen molar-refractivity contribution in [3.05, 3.63) is 0 Å². The minimum atomic E-state index is -2.54. The quantitative estimate of drug-likeness (QED) is 0.770. The Bertz CT molecular complexity index is 178. The molecule has 0 spiro atoms. The number of piperidine rings is 1. The largest absolute Gasteiger partial charge is 0.330 e. The van der Waals surface area contributed by atoms with Crippen LogP contribution in [0.15, 0.2) is 0 Å². The van der Waals surface area contributed by atoms with Crippen molar-refractivity contribution in [3.8, 4) is 0 Å². The van der Waals surface area contributed by atoms with Gasteiger partial charge in [-0.05, 0) is 39.3 Å². The summed E-state index contributed by atoms with van der Waals surface area (Å²) in [7, 11) is 0. The second-order valence-corrected chi connectivity index (χ2v) is 4.58. The lowest BCUT2D eigenvalue weighted by molar-refractivity contribution is -0.00460. The summed E-state index contributed by atoms with van der Waals surface area (Å²) in [6, 6.07) is 0.436. The number of halogens is 2. The van der Waals surface area contributed by atoms with E-state index in [0.717, 1.165) is 32.7 Å². The first kappa shape index (κ1) is 12.8. The molecule has 0 bridgehead atoms. The van der Waals surface area contributed by atoms with E-state index in [2.05, 4.69) is 4.90 Å². The summed E-state index contributed by atoms with van der Waals surface area (Å²) >= 11 is 0. The zero-order valence-corrected chi connectivity index (χ0v) is 9.51. The summed E-state index contributed by atoms with van der Waals surface area (Å²) in [5.41, 5.74) is 5.53. The molecule has 2 nitrogen and oxygen atoms in total. The lowest BCUT2D eigenvalue weighted by atomic mass is 9.99. The first-order valence-electron chi connectivity index (χ1n) is 5.85. The Labute approximate surface area is 90.8 Å². The summed E-state index contributed by atoms with van der Waals surface area (Å²) in [5, 5.41) is 0. The van der Waals surface area contributed by atoms with E-state index in [9.17, 15) is 8.78 Å². The molecule has 1 fully saturated rings. The minimum absolute atomic E-state index is 0.0337. The molecule has 0 aromatic carbocycles. The van der Waals surface area contributed by atoms with Gasteiger partial charge < -0.3 is 10.6 Å². The van der Waals surface area contributed by atoms with Gasteiger partial charge in [0.25, 0.3) is 0 Å². The van der Waals surface area contributed by atoms with Crippen molar-refractivity contribution in [3.63, 3.8) is 0 Å². The first-order chi connectivity index (χ1) is 7.03. The molecule has 4 heteroatoms. The highest BCUT2D eigenvalue weighted by molar-refractivity contribution is 4.78. The van der Waals surface area contributed by atoms with Gasteiger partial charge in [0.05, 0.1) is 0 Å². The standard InChI is InChI=1S/C11H22F2N2/c1-11(12,13)6-9-15-8-3-2-4-10(15)5-7-14/h10H,2-9,14H2,1H3. The van der Waals surface area contributed by atoms with E-state index >= 15 is 0 Å². The number of alkyl halides is 2. The molecular formula is C11H22F2N2. The molecule has 0 radical (unpaired) electrons. The second-order valence-electron chi connectivity index (χ2n) is 4.58. The van der Waals surface area contributed by atoms with Gasteiger partial charge in [0, 0.05) is 19.0 Å². The molecule has 0 aliphatic carbocycles. The fourth-order valence-corrected chi connectivity index (χ4v) is 2.21. The molecule has 90 valence electrons. The maximum Gasteiger partial charge on any atom is 0.246 e. The van der Waals surface area contributed by atoms with Crippen LogP contribution in [-0.2, 0) is 0 Å². The third kappa shape index (κ3) is 4.89. The van der Waals surface area contributed by atoms with Crippen LogP contribution >= 0.6 is 0 Å². The zero-order chi connectivity index (χ0) is 11.3. The predicted molar refractivity (Wildman–Crippen MR) is 58.1 cm³/mol. The van der Waals surface area contributed by atoms with Gasteiger partial charge in [-0.15, -0.1) is 0 Å².